The quantitative estimate of drug-likeness (QED) is 0.504. The van der Waals surface area contributed by atoms with Crippen LogP contribution in [0.4, 0.5) is 4.39 Å². The monoisotopic (exact) mass is 478 g/mol. The van der Waals surface area contributed by atoms with Crippen molar-refractivity contribution in [2.24, 2.45) is 0 Å². The molecule has 34 heavy (non-hydrogen) atoms. The number of aromatic nitrogens is 1. The van der Waals surface area contributed by atoms with E-state index in [1.54, 1.807) is 6.92 Å². The van der Waals surface area contributed by atoms with Gasteiger partial charge in [0.05, 0.1) is 28.3 Å². The van der Waals surface area contributed by atoms with Gasteiger partial charge in [-0.1, -0.05) is 42.5 Å². The molecule has 0 radical (unpaired) electrons. The fourth-order valence-corrected chi connectivity index (χ4v) is 5.53. The van der Waals surface area contributed by atoms with E-state index in [4.69, 9.17) is 4.74 Å². The molecular weight excluding hydrogens is 455 g/mol. The van der Waals surface area contributed by atoms with Crippen LogP contribution in [0.15, 0.2) is 65.9 Å². The first-order valence-corrected chi connectivity index (χ1v) is 11.9. The second kappa shape index (κ2) is 9.12. The van der Waals surface area contributed by atoms with Gasteiger partial charge < -0.3 is 14.7 Å². The molecule has 1 aromatic heterocycles. The van der Waals surface area contributed by atoms with Gasteiger partial charge in [-0.2, -0.15) is 0 Å². The van der Waals surface area contributed by atoms with Gasteiger partial charge in [0, 0.05) is 18.7 Å². The Morgan fingerprint density at radius 3 is 2.62 bits per heavy atom. The molecule has 5 rings (SSSR count). The average Bonchev–Trinajstić information content (AvgIpc) is 3.56. The van der Waals surface area contributed by atoms with Crippen molar-refractivity contribution in [3.8, 4) is 10.6 Å². The fourth-order valence-electron chi connectivity index (χ4n) is 4.51. The number of Topliss-reactive ketones (excluding diaryl/α,β-unsaturated/α-hetero) is 1. The lowest BCUT2D eigenvalue weighted by molar-refractivity contribution is -0.131. The van der Waals surface area contributed by atoms with Crippen LogP contribution in [-0.2, 0) is 9.53 Å². The summed E-state index contributed by atoms with van der Waals surface area (Å²) >= 11 is 1.22. The number of aliphatic hydroxyl groups excluding tert-OH is 1. The third-order valence-electron chi connectivity index (χ3n) is 6.18. The summed E-state index contributed by atoms with van der Waals surface area (Å²) in [6.07, 6.45) is 1.50. The molecule has 1 fully saturated rings. The van der Waals surface area contributed by atoms with E-state index < -0.39 is 29.3 Å². The number of halogens is 1. The molecule has 2 aliphatic rings. The molecule has 2 aromatic carbocycles. The van der Waals surface area contributed by atoms with E-state index in [0.717, 1.165) is 18.4 Å². The van der Waals surface area contributed by atoms with E-state index in [1.807, 2.05) is 30.3 Å². The molecule has 0 spiro atoms. The van der Waals surface area contributed by atoms with Crippen molar-refractivity contribution >= 4 is 23.0 Å². The maximum atomic E-state index is 13.8. The van der Waals surface area contributed by atoms with Gasteiger partial charge in [-0.15, -0.1) is 11.3 Å². The topological polar surface area (TPSA) is 79.7 Å². The first kappa shape index (κ1) is 22.4. The SMILES string of the molecule is Cc1nc(-c2ccccc2)sc1C(=O)C1=C(O)C(=O)N(CC2CCCO2)C1c1ccc(F)cc1. The number of benzene rings is 2. The van der Waals surface area contributed by atoms with Crippen molar-refractivity contribution in [1.82, 2.24) is 9.88 Å². The van der Waals surface area contributed by atoms with Crippen LogP contribution in [0, 0.1) is 12.7 Å². The highest BCUT2D eigenvalue weighted by Gasteiger charge is 2.45. The Kier molecular flexibility index (Phi) is 6.02. The van der Waals surface area contributed by atoms with Crippen molar-refractivity contribution in [2.45, 2.75) is 31.9 Å². The second-order valence-electron chi connectivity index (χ2n) is 8.44. The zero-order valence-electron chi connectivity index (χ0n) is 18.5. The minimum atomic E-state index is -0.841. The van der Waals surface area contributed by atoms with Crippen LogP contribution < -0.4 is 0 Å². The summed E-state index contributed by atoms with van der Waals surface area (Å²) in [4.78, 5) is 33.3. The van der Waals surface area contributed by atoms with Crippen LogP contribution in [0.2, 0.25) is 0 Å². The molecule has 2 atom stereocenters. The summed E-state index contributed by atoms with van der Waals surface area (Å²) in [5.41, 5.74) is 1.94. The Balaban J connectivity index is 1.55. The maximum absolute atomic E-state index is 13.8. The number of aryl methyl sites for hydroxylation is 1. The molecule has 3 heterocycles. The van der Waals surface area contributed by atoms with Crippen molar-refractivity contribution in [3.05, 3.63) is 87.9 Å². The molecule has 0 bridgehead atoms. The van der Waals surface area contributed by atoms with Gasteiger partial charge in [-0.05, 0) is 37.5 Å². The van der Waals surface area contributed by atoms with Gasteiger partial charge in [0.25, 0.3) is 5.91 Å². The number of carbonyl (C=O) groups excluding carboxylic acids is 2. The maximum Gasteiger partial charge on any atom is 0.290 e. The van der Waals surface area contributed by atoms with E-state index in [-0.39, 0.29) is 18.2 Å². The Hall–Kier alpha value is -3.36. The van der Waals surface area contributed by atoms with Crippen LogP contribution >= 0.6 is 11.3 Å². The van der Waals surface area contributed by atoms with Crippen LogP contribution in [0.25, 0.3) is 10.6 Å². The van der Waals surface area contributed by atoms with Crippen LogP contribution in [-0.4, -0.2) is 45.9 Å². The molecule has 1 amide bonds. The summed E-state index contributed by atoms with van der Waals surface area (Å²) < 4.78 is 19.4. The van der Waals surface area contributed by atoms with Gasteiger partial charge in [-0.25, -0.2) is 9.37 Å². The van der Waals surface area contributed by atoms with E-state index in [1.165, 1.54) is 40.5 Å². The number of carbonyl (C=O) groups is 2. The van der Waals surface area contributed by atoms with Crippen molar-refractivity contribution < 1.29 is 23.8 Å². The molecular formula is C26H23FN2O4S. The Morgan fingerprint density at radius 2 is 1.94 bits per heavy atom. The van der Waals surface area contributed by atoms with E-state index in [9.17, 15) is 19.1 Å². The summed E-state index contributed by atoms with van der Waals surface area (Å²) in [6.45, 7) is 2.58. The number of hydrogen-bond acceptors (Lipinski definition) is 6. The second-order valence-corrected chi connectivity index (χ2v) is 9.44. The van der Waals surface area contributed by atoms with Crippen molar-refractivity contribution in [2.75, 3.05) is 13.2 Å². The van der Waals surface area contributed by atoms with Crippen LogP contribution in [0.3, 0.4) is 0 Å². The molecule has 174 valence electrons. The Labute approximate surface area is 200 Å². The number of thiazole rings is 1. The van der Waals surface area contributed by atoms with E-state index in [2.05, 4.69) is 4.98 Å². The number of ketones is 1. The van der Waals surface area contributed by atoms with Crippen LogP contribution in [0.5, 0.6) is 0 Å². The summed E-state index contributed by atoms with van der Waals surface area (Å²) in [5, 5.41) is 11.6. The summed E-state index contributed by atoms with van der Waals surface area (Å²) in [6, 6.07) is 14.3. The number of aliphatic hydroxyl groups is 1. The number of rotatable bonds is 6. The van der Waals surface area contributed by atoms with E-state index in [0.29, 0.717) is 27.7 Å². The fraction of sp³-hybridized carbons (Fsp3) is 0.269. The lowest BCUT2D eigenvalue weighted by Gasteiger charge is -2.28. The van der Waals surface area contributed by atoms with Crippen molar-refractivity contribution in [1.29, 1.82) is 0 Å². The smallest absolute Gasteiger partial charge is 0.290 e. The predicted octanol–water partition coefficient (Wildman–Crippen LogP) is 5.01. The number of ether oxygens (including phenoxy) is 1. The minimum Gasteiger partial charge on any atom is -0.503 e. The first-order valence-electron chi connectivity index (χ1n) is 11.1. The van der Waals surface area contributed by atoms with Gasteiger partial charge in [0.2, 0.25) is 5.78 Å². The largest absolute Gasteiger partial charge is 0.503 e. The Bertz CT molecular complexity index is 1260. The zero-order chi connectivity index (χ0) is 23.8. The molecule has 2 unspecified atom stereocenters. The summed E-state index contributed by atoms with van der Waals surface area (Å²) in [7, 11) is 0. The summed E-state index contributed by atoms with van der Waals surface area (Å²) in [5.74, 6) is -2.08. The van der Waals surface area contributed by atoms with Gasteiger partial charge in [-0.3, -0.25) is 9.59 Å². The Morgan fingerprint density at radius 1 is 1.21 bits per heavy atom. The molecule has 3 aromatic rings. The highest BCUT2D eigenvalue weighted by Crippen LogP contribution is 2.41. The first-order chi connectivity index (χ1) is 16.4. The van der Waals surface area contributed by atoms with Gasteiger partial charge in [0.1, 0.15) is 10.8 Å². The average molecular weight is 479 g/mol. The standard InChI is InChI=1S/C26H23FN2O4S/c1-15-24(34-25(28-15)17-6-3-2-4-7-17)22(30)20-21(16-9-11-18(27)12-10-16)29(26(32)23(20)31)14-19-8-5-13-33-19/h2-4,6-7,9-12,19,21,31H,5,8,13-14H2,1H3. The number of amides is 1. The minimum absolute atomic E-state index is 0.0130. The molecule has 0 saturated carbocycles. The van der Waals surface area contributed by atoms with Gasteiger partial charge in [0.15, 0.2) is 5.76 Å². The normalized spacial score (nSPS) is 20.4. The molecule has 1 saturated heterocycles. The number of hydrogen-bond donors (Lipinski definition) is 1. The lowest BCUT2D eigenvalue weighted by atomic mass is 9.95. The van der Waals surface area contributed by atoms with E-state index >= 15 is 0 Å². The molecule has 0 aliphatic carbocycles. The molecule has 8 heteroatoms. The molecule has 6 nitrogen and oxygen atoms in total. The highest BCUT2D eigenvalue weighted by molar-refractivity contribution is 7.17. The third kappa shape index (κ3) is 4.03. The van der Waals surface area contributed by atoms with Crippen LogP contribution in [0.1, 0.15) is 39.8 Å². The van der Waals surface area contributed by atoms with Crippen molar-refractivity contribution in [3.63, 3.8) is 0 Å². The molecule has 2 aliphatic heterocycles. The lowest BCUT2D eigenvalue weighted by Crippen LogP contribution is -2.37. The molecule has 1 N–H and O–H groups in total. The number of nitrogens with zero attached hydrogens (tertiary/aromatic N) is 2. The predicted molar refractivity (Wildman–Crippen MR) is 126 cm³/mol. The highest BCUT2D eigenvalue weighted by atomic mass is 32.1. The third-order valence-corrected chi connectivity index (χ3v) is 7.39. The van der Waals surface area contributed by atoms with Gasteiger partial charge >= 0.3 is 0 Å². The zero-order valence-corrected chi connectivity index (χ0v) is 19.3.